The summed E-state index contributed by atoms with van der Waals surface area (Å²) < 4.78 is 10.8. The largest absolute Gasteiger partial charge is 0.497 e. The van der Waals surface area contributed by atoms with E-state index in [-0.39, 0.29) is 11.9 Å². The van der Waals surface area contributed by atoms with Crippen LogP contribution in [0.5, 0.6) is 11.5 Å². The molecule has 2 aromatic rings. The molecule has 1 amide bonds. The number of methoxy groups -OCH3 is 2. The minimum atomic E-state index is 0.00933. The number of amidine groups is 1. The molecule has 29 heavy (non-hydrogen) atoms. The maximum Gasteiger partial charge on any atom is 0.267 e. The predicted octanol–water partition coefficient (Wildman–Crippen LogP) is 5.10. The minimum absolute atomic E-state index is 0.00933. The zero-order valence-electron chi connectivity index (χ0n) is 16.5. The lowest BCUT2D eigenvalue weighted by molar-refractivity contribution is -0.124. The predicted molar refractivity (Wildman–Crippen MR) is 118 cm³/mol. The van der Waals surface area contributed by atoms with Gasteiger partial charge in [0.1, 0.15) is 11.5 Å². The van der Waals surface area contributed by atoms with Crippen LogP contribution in [-0.4, -0.2) is 41.2 Å². The standard InChI is InChI=1S/C21H23N3O3S2/c1-26-16-9-8-14(17(13-16)27-2)12-18-19(25)24(15-6-4-3-5-7-15)21(29-18)23-20-22-10-11-28-20/h8-13,15H,3-7H2,1-2H3/b18-12-,23-21+. The van der Waals surface area contributed by atoms with Gasteiger partial charge >= 0.3 is 0 Å². The van der Waals surface area contributed by atoms with Gasteiger partial charge in [-0.15, -0.1) is 11.3 Å². The van der Waals surface area contributed by atoms with Gasteiger partial charge in [-0.1, -0.05) is 19.3 Å². The van der Waals surface area contributed by atoms with Gasteiger partial charge < -0.3 is 9.47 Å². The van der Waals surface area contributed by atoms with Crippen LogP contribution >= 0.6 is 23.1 Å². The van der Waals surface area contributed by atoms with Gasteiger partial charge in [0.15, 0.2) is 5.17 Å². The van der Waals surface area contributed by atoms with Crippen molar-refractivity contribution in [2.24, 2.45) is 4.99 Å². The van der Waals surface area contributed by atoms with E-state index in [1.807, 2.05) is 34.6 Å². The number of hydrogen-bond donors (Lipinski definition) is 0. The third-order valence-electron chi connectivity index (χ3n) is 5.11. The van der Waals surface area contributed by atoms with Crippen molar-refractivity contribution in [2.75, 3.05) is 14.2 Å². The molecular formula is C21H23N3O3S2. The molecule has 0 N–H and O–H groups in total. The van der Waals surface area contributed by atoms with Crippen LogP contribution in [0.4, 0.5) is 5.13 Å². The molecule has 1 aromatic carbocycles. The number of hydrogen-bond acceptors (Lipinski definition) is 7. The van der Waals surface area contributed by atoms with Gasteiger partial charge in [-0.2, -0.15) is 4.99 Å². The van der Waals surface area contributed by atoms with Gasteiger partial charge in [-0.3, -0.25) is 9.69 Å². The molecule has 4 rings (SSSR count). The van der Waals surface area contributed by atoms with Gasteiger partial charge in [-0.25, -0.2) is 4.98 Å². The lowest BCUT2D eigenvalue weighted by Crippen LogP contribution is -2.40. The summed E-state index contributed by atoms with van der Waals surface area (Å²) in [6, 6.07) is 5.79. The number of nitrogens with zero attached hydrogens (tertiary/aromatic N) is 3. The van der Waals surface area contributed by atoms with Gasteiger partial charge in [0.25, 0.3) is 5.91 Å². The summed E-state index contributed by atoms with van der Waals surface area (Å²) in [5.74, 6) is 1.39. The van der Waals surface area contributed by atoms with Crippen LogP contribution in [0, 0.1) is 0 Å². The first-order valence-corrected chi connectivity index (χ1v) is 11.3. The van der Waals surface area contributed by atoms with Crippen LogP contribution in [-0.2, 0) is 4.79 Å². The number of carbonyl (C=O) groups is 1. The fourth-order valence-electron chi connectivity index (χ4n) is 3.66. The van der Waals surface area contributed by atoms with Crippen molar-refractivity contribution >= 4 is 45.4 Å². The quantitative estimate of drug-likeness (QED) is 0.619. The monoisotopic (exact) mass is 429 g/mol. The molecule has 6 nitrogen and oxygen atoms in total. The van der Waals surface area contributed by atoms with Crippen molar-refractivity contribution in [2.45, 2.75) is 38.1 Å². The van der Waals surface area contributed by atoms with E-state index < -0.39 is 0 Å². The molecule has 0 radical (unpaired) electrons. The lowest BCUT2D eigenvalue weighted by atomic mass is 9.94. The first-order valence-electron chi connectivity index (χ1n) is 9.63. The lowest BCUT2D eigenvalue weighted by Gasteiger charge is -2.30. The molecule has 2 aliphatic rings. The number of thiazole rings is 1. The molecule has 1 aliphatic heterocycles. The van der Waals surface area contributed by atoms with Crippen LogP contribution in [0.2, 0.25) is 0 Å². The fourth-order valence-corrected chi connectivity index (χ4v) is 5.25. The smallest absolute Gasteiger partial charge is 0.267 e. The topological polar surface area (TPSA) is 64.0 Å². The minimum Gasteiger partial charge on any atom is -0.497 e. The van der Waals surface area contributed by atoms with Crippen molar-refractivity contribution in [1.82, 2.24) is 9.88 Å². The van der Waals surface area contributed by atoms with E-state index in [1.54, 1.807) is 20.4 Å². The SMILES string of the molecule is COc1ccc(/C=C2\S/C(=N/c3nccs3)N(C3CCCCC3)C2=O)c(OC)c1. The van der Waals surface area contributed by atoms with Crippen LogP contribution in [0.3, 0.4) is 0 Å². The third-order valence-corrected chi connectivity index (χ3v) is 6.76. The summed E-state index contributed by atoms with van der Waals surface area (Å²) in [6.45, 7) is 0. The number of thioether (sulfide) groups is 1. The van der Waals surface area contributed by atoms with Crippen LogP contribution < -0.4 is 9.47 Å². The normalized spacial score (nSPS) is 20.6. The van der Waals surface area contributed by atoms with E-state index in [4.69, 9.17) is 9.47 Å². The van der Waals surface area contributed by atoms with Crippen LogP contribution in [0.1, 0.15) is 37.7 Å². The zero-order chi connectivity index (χ0) is 20.2. The summed E-state index contributed by atoms with van der Waals surface area (Å²) in [4.78, 5) is 24.8. The van der Waals surface area contributed by atoms with E-state index in [1.165, 1.54) is 29.5 Å². The zero-order valence-corrected chi connectivity index (χ0v) is 18.1. The third kappa shape index (κ3) is 4.33. The Morgan fingerprint density at radius 3 is 2.72 bits per heavy atom. The Balaban J connectivity index is 1.70. The highest BCUT2D eigenvalue weighted by Crippen LogP contribution is 2.39. The first-order chi connectivity index (χ1) is 14.2. The molecule has 1 aliphatic carbocycles. The van der Waals surface area contributed by atoms with Crippen molar-refractivity contribution in [1.29, 1.82) is 0 Å². The highest BCUT2D eigenvalue weighted by Gasteiger charge is 2.39. The van der Waals surface area contributed by atoms with Gasteiger partial charge in [0.05, 0.1) is 19.1 Å². The summed E-state index contributed by atoms with van der Waals surface area (Å²) in [6.07, 6.45) is 9.17. The summed E-state index contributed by atoms with van der Waals surface area (Å²) in [5.41, 5.74) is 0.836. The van der Waals surface area contributed by atoms with Crippen molar-refractivity contribution in [3.63, 3.8) is 0 Å². The van der Waals surface area contributed by atoms with Crippen LogP contribution in [0.25, 0.3) is 6.08 Å². The Morgan fingerprint density at radius 2 is 2.03 bits per heavy atom. The van der Waals surface area contributed by atoms with E-state index >= 15 is 0 Å². The first kappa shape index (κ1) is 20.0. The van der Waals surface area contributed by atoms with Gasteiger partial charge in [0, 0.05) is 29.2 Å². The molecule has 0 bridgehead atoms. The number of carbonyl (C=O) groups excluding carboxylic acids is 1. The molecule has 0 atom stereocenters. The molecule has 1 saturated carbocycles. The fraction of sp³-hybridized carbons (Fsp3) is 0.381. The molecule has 1 saturated heterocycles. The second-order valence-electron chi connectivity index (χ2n) is 6.89. The van der Waals surface area contributed by atoms with Crippen molar-refractivity contribution in [3.05, 3.63) is 40.2 Å². The van der Waals surface area contributed by atoms with E-state index in [9.17, 15) is 4.79 Å². The van der Waals surface area contributed by atoms with Gasteiger partial charge in [0.2, 0.25) is 5.13 Å². The van der Waals surface area contributed by atoms with Crippen molar-refractivity contribution < 1.29 is 14.3 Å². The molecule has 0 spiro atoms. The highest BCUT2D eigenvalue weighted by molar-refractivity contribution is 8.18. The number of amides is 1. The Kier molecular flexibility index (Phi) is 6.20. The van der Waals surface area contributed by atoms with E-state index in [0.29, 0.717) is 21.5 Å². The second-order valence-corrected chi connectivity index (χ2v) is 8.78. The van der Waals surface area contributed by atoms with E-state index in [0.717, 1.165) is 36.4 Å². The molecule has 2 heterocycles. The number of ether oxygens (including phenoxy) is 2. The number of aromatic nitrogens is 1. The Labute approximate surface area is 178 Å². The number of rotatable bonds is 5. The Bertz CT molecular complexity index is 935. The number of benzene rings is 1. The molecule has 2 fully saturated rings. The summed E-state index contributed by atoms with van der Waals surface area (Å²) >= 11 is 2.88. The summed E-state index contributed by atoms with van der Waals surface area (Å²) in [5, 5.41) is 3.28. The van der Waals surface area contributed by atoms with Crippen molar-refractivity contribution in [3.8, 4) is 11.5 Å². The Morgan fingerprint density at radius 1 is 1.21 bits per heavy atom. The second kappa shape index (κ2) is 9.00. The molecule has 0 unspecified atom stereocenters. The maximum absolute atomic E-state index is 13.3. The molecule has 8 heteroatoms. The highest BCUT2D eigenvalue weighted by atomic mass is 32.2. The van der Waals surface area contributed by atoms with Crippen LogP contribution in [0.15, 0.2) is 39.7 Å². The molecule has 1 aromatic heterocycles. The van der Waals surface area contributed by atoms with E-state index in [2.05, 4.69) is 9.98 Å². The molecular weight excluding hydrogens is 406 g/mol. The van der Waals surface area contributed by atoms with Gasteiger partial charge in [-0.05, 0) is 42.8 Å². The average molecular weight is 430 g/mol. The molecule has 152 valence electrons. The number of aliphatic imine (C=N–C) groups is 1. The maximum atomic E-state index is 13.3. The average Bonchev–Trinajstić information content (AvgIpc) is 3.37. The Hall–Kier alpha value is -2.32. The summed E-state index contributed by atoms with van der Waals surface area (Å²) in [7, 11) is 3.23.